The summed E-state index contributed by atoms with van der Waals surface area (Å²) in [5, 5.41) is 8.05. The highest BCUT2D eigenvalue weighted by Crippen LogP contribution is 2.34. The van der Waals surface area contributed by atoms with E-state index < -0.39 is 23.8 Å². The first-order valence-electron chi connectivity index (χ1n) is 19.2. The van der Waals surface area contributed by atoms with E-state index in [0.717, 1.165) is 82.8 Å². The van der Waals surface area contributed by atoms with E-state index in [2.05, 4.69) is 30.7 Å². The van der Waals surface area contributed by atoms with E-state index >= 15 is 4.39 Å². The first-order valence-corrected chi connectivity index (χ1v) is 19.2. The Balaban J connectivity index is 0.896. The zero-order valence-electron chi connectivity index (χ0n) is 31.4. The summed E-state index contributed by atoms with van der Waals surface area (Å²) >= 11 is 0. The molecule has 56 heavy (non-hydrogen) atoms. The number of likely N-dealkylation sites (tertiary alicyclic amines) is 2. The van der Waals surface area contributed by atoms with Crippen molar-refractivity contribution in [2.45, 2.75) is 82.5 Å². The van der Waals surface area contributed by atoms with Crippen LogP contribution in [0.15, 0.2) is 54.9 Å². The van der Waals surface area contributed by atoms with Gasteiger partial charge in [-0.2, -0.15) is 13.2 Å². The third kappa shape index (κ3) is 9.29. The highest BCUT2D eigenvalue weighted by molar-refractivity contribution is 6.04. The second kappa shape index (κ2) is 16.6. The molecule has 3 saturated heterocycles. The van der Waals surface area contributed by atoms with E-state index in [1.165, 1.54) is 12.1 Å². The van der Waals surface area contributed by atoms with E-state index in [0.29, 0.717) is 34.8 Å². The monoisotopic (exact) mass is 778 g/mol. The van der Waals surface area contributed by atoms with Crippen LogP contribution in [0.2, 0.25) is 0 Å². The van der Waals surface area contributed by atoms with Gasteiger partial charge in [0.15, 0.2) is 0 Å². The highest BCUT2D eigenvalue weighted by atomic mass is 19.4. The van der Waals surface area contributed by atoms with Gasteiger partial charge in [0.05, 0.1) is 11.8 Å². The van der Waals surface area contributed by atoms with Gasteiger partial charge in [-0.05, 0) is 108 Å². The van der Waals surface area contributed by atoms with E-state index in [1.54, 1.807) is 16.7 Å². The minimum absolute atomic E-state index is 0.129. The Morgan fingerprint density at radius 3 is 2.27 bits per heavy atom. The molecule has 0 radical (unpaired) electrons. The van der Waals surface area contributed by atoms with E-state index in [4.69, 9.17) is 9.72 Å². The molecule has 3 amide bonds. The van der Waals surface area contributed by atoms with Gasteiger partial charge in [-0.25, -0.2) is 14.4 Å². The summed E-state index contributed by atoms with van der Waals surface area (Å²) < 4.78 is 62.6. The number of imidazole rings is 1. The number of pyridine rings is 2. The number of rotatable bonds is 11. The average Bonchev–Trinajstić information content (AvgIpc) is 3.58. The largest absolute Gasteiger partial charge is 0.489 e. The van der Waals surface area contributed by atoms with Gasteiger partial charge in [0.1, 0.15) is 40.3 Å². The fourth-order valence-electron chi connectivity index (χ4n) is 7.77. The molecule has 0 saturated carbocycles. The van der Waals surface area contributed by atoms with Crippen molar-refractivity contribution in [3.8, 4) is 5.75 Å². The Morgan fingerprint density at radius 2 is 1.62 bits per heavy atom. The molecular formula is C40H46F4N8O4. The first kappa shape index (κ1) is 39.2. The van der Waals surface area contributed by atoms with Crippen molar-refractivity contribution in [1.29, 1.82) is 0 Å². The number of benzene rings is 1. The number of hydrogen-bond donors (Lipinski definition) is 3. The molecule has 1 unspecified atom stereocenters. The number of ether oxygens (including phenoxy) is 1. The number of halogens is 4. The lowest BCUT2D eigenvalue weighted by Gasteiger charge is -2.36. The maximum absolute atomic E-state index is 15.2. The summed E-state index contributed by atoms with van der Waals surface area (Å²) in [5.41, 5.74) is 1.57. The van der Waals surface area contributed by atoms with Crippen molar-refractivity contribution >= 4 is 34.7 Å². The molecule has 0 aliphatic carbocycles. The normalized spacial score (nSPS) is 19.4. The number of nitrogens with one attached hydrogen (secondary N) is 3. The van der Waals surface area contributed by atoms with Crippen molar-refractivity contribution in [3.63, 3.8) is 0 Å². The maximum Gasteiger partial charge on any atom is 0.433 e. The Kier molecular flexibility index (Phi) is 11.6. The van der Waals surface area contributed by atoms with Crippen LogP contribution in [0.25, 0.3) is 5.65 Å². The Bertz CT molecular complexity index is 2070. The van der Waals surface area contributed by atoms with Crippen LogP contribution in [-0.4, -0.2) is 93.3 Å². The number of carbonyl (C=O) groups is 3. The number of amides is 3. The molecular weight excluding hydrogens is 732 g/mol. The standard InChI is InChI=1S/C40H46F4N8O4/c1-24(2)56-34-21-36-47-32(22-52(36)23-33(34)48-38(54)30-4-3-5-35(46-30)40(42,43)44)26-12-16-51(17-13-26)19-18-50-14-10-25(11-15-50)28-7-6-27(20-29(28)41)45-31-8-9-37(53)49-39(31)55/h3-7,20-26,31,45H,8-19H2,1-2H3,(H,48,54)(H,49,53,55). The van der Waals surface area contributed by atoms with Gasteiger partial charge in [0.25, 0.3) is 5.91 Å². The van der Waals surface area contributed by atoms with Gasteiger partial charge in [-0.15, -0.1) is 0 Å². The molecule has 3 aliphatic rings. The minimum Gasteiger partial charge on any atom is -0.489 e. The lowest BCUT2D eigenvalue weighted by Crippen LogP contribution is -2.47. The van der Waals surface area contributed by atoms with Crippen molar-refractivity contribution in [1.82, 2.24) is 29.5 Å². The number of alkyl halides is 3. The van der Waals surface area contributed by atoms with Crippen LogP contribution in [0, 0.1) is 5.82 Å². The number of carbonyl (C=O) groups excluding carboxylic acids is 3. The molecule has 3 aliphatic heterocycles. The van der Waals surface area contributed by atoms with Crippen LogP contribution in [0.1, 0.15) is 91.6 Å². The molecule has 0 spiro atoms. The Hall–Kier alpha value is -5.09. The zero-order valence-corrected chi connectivity index (χ0v) is 31.4. The molecule has 12 nitrogen and oxygen atoms in total. The first-order chi connectivity index (χ1) is 26.8. The molecule has 3 fully saturated rings. The second-order valence-electron chi connectivity index (χ2n) is 15.1. The lowest BCUT2D eigenvalue weighted by molar-refractivity contribution is -0.141. The molecule has 1 aromatic carbocycles. The number of anilines is 2. The van der Waals surface area contributed by atoms with E-state index in [-0.39, 0.29) is 47.7 Å². The van der Waals surface area contributed by atoms with Crippen LogP contribution < -0.4 is 20.7 Å². The molecule has 16 heteroatoms. The molecule has 3 N–H and O–H groups in total. The SMILES string of the molecule is CC(C)Oc1cc2nc(C3CCN(CCN4CCC(c5ccc(NC6CCC(=O)NC6=O)cc5F)CC4)CC3)cn2cc1NC(=O)c1cccc(C(F)(F)F)n1. The second-order valence-corrected chi connectivity index (χ2v) is 15.1. The predicted octanol–water partition coefficient (Wildman–Crippen LogP) is 6.20. The fraction of sp³-hybridized carbons (Fsp3) is 0.475. The molecule has 4 aromatic rings. The van der Waals surface area contributed by atoms with Crippen LogP contribution in [0.4, 0.5) is 28.9 Å². The third-order valence-electron chi connectivity index (χ3n) is 10.8. The summed E-state index contributed by atoms with van der Waals surface area (Å²) in [6.07, 6.45) is 2.92. The van der Waals surface area contributed by atoms with Crippen LogP contribution >= 0.6 is 0 Å². The van der Waals surface area contributed by atoms with Gasteiger partial charge >= 0.3 is 6.18 Å². The molecule has 6 heterocycles. The number of nitrogens with zero attached hydrogens (tertiary/aromatic N) is 5. The average molecular weight is 779 g/mol. The smallest absolute Gasteiger partial charge is 0.433 e. The van der Waals surface area contributed by atoms with E-state index in [1.807, 2.05) is 32.2 Å². The van der Waals surface area contributed by atoms with Crippen molar-refractivity contribution in [2.75, 3.05) is 49.9 Å². The topological polar surface area (TPSA) is 133 Å². The quantitative estimate of drug-likeness (QED) is 0.120. The van der Waals surface area contributed by atoms with Crippen LogP contribution in [-0.2, 0) is 15.8 Å². The summed E-state index contributed by atoms with van der Waals surface area (Å²) in [4.78, 5) is 49.8. The molecule has 0 bridgehead atoms. The molecule has 1 atom stereocenters. The fourth-order valence-corrected chi connectivity index (χ4v) is 7.77. The van der Waals surface area contributed by atoms with Gasteiger partial charge in [-0.3, -0.25) is 19.7 Å². The van der Waals surface area contributed by atoms with Gasteiger partial charge in [0.2, 0.25) is 11.8 Å². The molecule has 298 valence electrons. The Morgan fingerprint density at radius 1 is 0.929 bits per heavy atom. The number of hydrogen-bond acceptors (Lipinski definition) is 9. The van der Waals surface area contributed by atoms with Crippen LogP contribution in [0.5, 0.6) is 5.75 Å². The zero-order chi connectivity index (χ0) is 39.6. The van der Waals surface area contributed by atoms with Gasteiger partial charge in [0, 0.05) is 49.6 Å². The third-order valence-corrected chi connectivity index (χ3v) is 10.8. The van der Waals surface area contributed by atoms with Crippen molar-refractivity contribution in [3.05, 3.63) is 83.3 Å². The number of piperidine rings is 3. The molecule has 7 rings (SSSR count). The highest BCUT2D eigenvalue weighted by Gasteiger charge is 2.33. The number of imide groups is 1. The summed E-state index contributed by atoms with van der Waals surface area (Å²) in [6.45, 7) is 9.18. The Labute approximate surface area is 322 Å². The van der Waals surface area contributed by atoms with Crippen LogP contribution in [0.3, 0.4) is 0 Å². The maximum atomic E-state index is 15.2. The predicted molar refractivity (Wildman–Crippen MR) is 201 cm³/mol. The van der Waals surface area contributed by atoms with Gasteiger partial charge < -0.3 is 29.6 Å². The van der Waals surface area contributed by atoms with Gasteiger partial charge in [-0.1, -0.05) is 12.1 Å². The summed E-state index contributed by atoms with van der Waals surface area (Å²) in [7, 11) is 0. The summed E-state index contributed by atoms with van der Waals surface area (Å²) in [5.74, 6) is -1.02. The number of fused-ring (bicyclic) bond motifs is 1. The number of aromatic nitrogens is 3. The lowest BCUT2D eigenvalue weighted by atomic mass is 9.89. The minimum atomic E-state index is -4.68. The summed E-state index contributed by atoms with van der Waals surface area (Å²) in [6, 6.07) is 9.44. The van der Waals surface area contributed by atoms with Crippen molar-refractivity contribution < 1.29 is 36.7 Å². The van der Waals surface area contributed by atoms with Crippen molar-refractivity contribution in [2.24, 2.45) is 0 Å². The molecule has 3 aromatic heterocycles. The van der Waals surface area contributed by atoms with E-state index in [9.17, 15) is 27.6 Å².